The highest BCUT2D eigenvalue weighted by Gasteiger charge is 2.28. The van der Waals surface area contributed by atoms with Crippen LogP contribution in [0.4, 0.5) is 0 Å². The van der Waals surface area contributed by atoms with Gasteiger partial charge in [0.2, 0.25) is 0 Å². The van der Waals surface area contributed by atoms with Crippen LogP contribution in [0, 0.1) is 6.92 Å². The van der Waals surface area contributed by atoms with Gasteiger partial charge in [0.25, 0.3) is 11.5 Å². The van der Waals surface area contributed by atoms with E-state index in [-0.39, 0.29) is 11.5 Å². The van der Waals surface area contributed by atoms with Crippen molar-refractivity contribution in [1.29, 1.82) is 0 Å². The predicted octanol–water partition coefficient (Wildman–Crippen LogP) is 0.0255. The highest BCUT2D eigenvalue weighted by molar-refractivity contribution is 5.90. The van der Waals surface area contributed by atoms with E-state index in [9.17, 15) is 9.59 Å². The molecule has 1 fully saturated rings. The van der Waals surface area contributed by atoms with Crippen LogP contribution in [-0.2, 0) is 11.8 Å². The Morgan fingerprint density at radius 2 is 2.32 bits per heavy atom. The third kappa shape index (κ3) is 2.77. The van der Waals surface area contributed by atoms with Crippen LogP contribution in [0.15, 0.2) is 23.3 Å². The van der Waals surface area contributed by atoms with E-state index in [1.807, 2.05) is 0 Å². The molecule has 22 heavy (non-hydrogen) atoms. The minimum Gasteiger partial charge on any atom is -0.368 e. The summed E-state index contributed by atoms with van der Waals surface area (Å²) in [5.74, 6) is 0.761. The van der Waals surface area contributed by atoms with Crippen molar-refractivity contribution in [2.24, 2.45) is 7.05 Å². The number of rotatable bonds is 2. The van der Waals surface area contributed by atoms with E-state index in [1.165, 1.54) is 6.07 Å². The lowest BCUT2D eigenvalue weighted by Gasteiger charge is -2.32. The number of H-pyrrole nitrogens is 1. The number of carbonyl (C=O) groups is 1. The van der Waals surface area contributed by atoms with Crippen LogP contribution < -0.4 is 5.56 Å². The van der Waals surface area contributed by atoms with Gasteiger partial charge in [0.05, 0.1) is 18.8 Å². The Morgan fingerprint density at radius 3 is 3.00 bits per heavy atom. The Kier molecular flexibility index (Phi) is 3.76. The molecule has 3 heterocycles. The van der Waals surface area contributed by atoms with Crippen molar-refractivity contribution in [2.75, 3.05) is 19.7 Å². The van der Waals surface area contributed by atoms with Crippen LogP contribution in [0.2, 0.25) is 0 Å². The van der Waals surface area contributed by atoms with Crippen LogP contribution >= 0.6 is 0 Å². The summed E-state index contributed by atoms with van der Waals surface area (Å²) >= 11 is 0. The highest BCUT2D eigenvalue weighted by Crippen LogP contribution is 2.20. The predicted molar refractivity (Wildman–Crippen MR) is 77.4 cm³/mol. The summed E-state index contributed by atoms with van der Waals surface area (Å²) in [5, 5.41) is 0. The van der Waals surface area contributed by atoms with Crippen molar-refractivity contribution in [3.05, 3.63) is 46.2 Å². The number of ether oxygens (including phenoxy) is 1. The van der Waals surface area contributed by atoms with Crippen LogP contribution in [-0.4, -0.2) is 50.0 Å². The molecule has 1 atom stereocenters. The molecule has 0 unspecified atom stereocenters. The molecule has 8 nitrogen and oxygen atoms in total. The van der Waals surface area contributed by atoms with Crippen LogP contribution in [0.25, 0.3) is 0 Å². The molecule has 2 aromatic heterocycles. The zero-order valence-electron chi connectivity index (χ0n) is 12.4. The van der Waals surface area contributed by atoms with Gasteiger partial charge < -0.3 is 19.2 Å². The summed E-state index contributed by atoms with van der Waals surface area (Å²) in [6, 6.07) is 1.41. The van der Waals surface area contributed by atoms with E-state index in [4.69, 9.17) is 4.74 Å². The molecule has 116 valence electrons. The van der Waals surface area contributed by atoms with Gasteiger partial charge in [0, 0.05) is 32.1 Å². The van der Waals surface area contributed by atoms with E-state index in [0.29, 0.717) is 37.0 Å². The third-order valence-corrected chi connectivity index (χ3v) is 3.58. The number of aryl methyl sites for hydroxylation is 2. The number of amides is 1. The monoisotopic (exact) mass is 303 g/mol. The van der Waals surface area contributed by atoms with Gasteiger partial charge in [-0.05, 0) is 6.92 Å². The van der Waals surface area contributed by atoms with E-state index in [2.05, 4.69) is 15.0 Å². The Morgan fingerprint density at radius 1 is 1.50 bits per heavy atom. The topological polar surface area (TPSA) is 93.1 Å². The number of nitrogens with zero attached hydrogens (tertiary/aromatic N) is 4. The van der Waals surface area contributed by atoms with E-state index >= 15 is 0 Å². The molecule has 1 aliphatic rings. The Bertz CT molecular complexity index is 751. The summed E-state index contributed by atoms with van der Waals surface area (Å²) in [4.78, 5) is 36.7. The van der Waals surface area contributed by atoms with Gasteiger partial charge in [0.1, 0.15) is 11.9 Å². The molecule has 0 aromatic carbocycles. The summed E-state index contributed by atoms with van der Waals surface area (Å²) < 4.78 is 7.35. The smallest absolute Gasteiger partial charge is 0.290 e. The molecule has 1 aliphatic heterocycles. The van der Waals surface area contributed by atoms with Gasteiger partial charge in [-0.2, -0.15) is 0 Å². The van der Waals surface area contributed by atoms with Crippen molar-refractivity contribution in [3.8, 4) is 0 Å². The second-order valence-corrected chi connectivity index (χ2v) is 5.23. The third-order valence-electron chi connectivity index (χ3n) is 3.58. The number of nitrogens with one attached hydrogen (secondary N) is 1. The molecule has 1 N–H and O–H groups in total. The number of hydrogen-bond donors (Lipinski definition) is 1. The molecule has 2 aromatic rings. The van der Waals surface area contributed by atoms with E-state index < -0.39 is 6.10 Å². The lowest BCUT2D eigenvalue weighted by molar-refractivity contribution is -0.0253. The first-order chi connectivity index (χ1) is 10.5. The van der Waals surface area contributed by atoms with Gasteiger partial charge in [-0.1, -0.05) is 0 Å². The molecule has 1 amide bonds. The first-order valence-corrected chi connectivity index (χ1v) is 7.00. The van der Waals surface area contributed by atoms with Crippen molar-refractivity contribution in [3.63, 3.8) is 0 Å². The van der Waals surface area contributed by atoms with Crippen molar-refractivity contribution >= 4 is 5.91 Å². The highest BCUT2D eigenvalue weighted by atomic mass is 16.5. The van der Waals surface area contributed by atoms with Crippen LogP contribution in [0.5, 0.6) is 0 Å². The number of hydrogen-bond acceptors (Lipinski definition) is 5. The fourth-order valence-electron chi connectivity index (χ4n) is 2.49. The SMILES string of the molecule is Cc1nc([C@H]2CN(C(=O)c3nccn3C)CCO2)cc(=O)[nH]1. The summed E-state index contributed by atoms with van der Waals surface area (Å²) in [6.45, 7) is 2.95. The maximum Gasteiger partial charge on any atom is 0.290 e. The average molecular weight is 303 g/mol. The molecule has 8 heteroatoms. The van der Waals surface area contributed by atoms with E-state index in [1.54, 1.807) is 35.8 Å². The molecular formula is C14H17N5O3. The van der Waals surface area contributed by atoms with Crippen molar-refractivity contribution in [2.45, 2.75) is 13.0 Å². The number of carbonyl (C=O) groups excluding carboxylic acids is 1. The molecule has 0 saturated carbocycles. The quantitative estimate of drug-likeness (QED) is 0.844. The summed E-state index contributed by atoms with van der Waals surface area (Å²) in [7, 11) is 1.78. The second-order valence-electron chi connectivity index (χ2n) is 5.23. The Labute approximate surface area is 126 Å². The van der Waals surface area contributed by atoms with Gasteiger partial charge >= 0.3 is 0 Å². The summed E-state index contributed by atoms with van der Waals surface area (Å²) in [6.07, 6.45) is 2.92. The lowest BCUT2D eigenvalue weighted by Crippen LogP contribution is -2.43. The number of imidazole rings is 1. The zero-order valence-corrected chi connectivity index (χ0v) is 12.4. The van der Waals surface area contributed by atoms with Gasteiger partial charge in [0.15, 0.2) is 5.82 Å². The minimum atomic E-state index is -0.404. The Hall–Kier alpha value is -2.48. The lowest BCUT2D eigenvalue weighted by atomic mass is 10.2. The molecule has 1 saturated heterocycles. The molecule has 3 rings (SSSR count). The maximum absolute atomic E-state index is 12.5. The fraction of sp³-hybridized carbons (Fsp3) is 0.429. The molecular weight excluding hydrogens is 286 g/mol. The average Bonchev–Trinajstić information content (AvgIpc) is 2.92. The fourth-order valence-corrected chi connectivity index (χ4v) is 2.49. The molecule has 0 aliphatic carbocycles. The standard InChI is InChI=1S/C14H17N5O3/c1-9-16-10(7-12(20)17-9)11-8-19(5-6-22-11)14(21)13-15-3-4-18(13)2/h3-4,7,11H,5-6,8H2,1-2H3,(H,16,17,20)/t11-/m1/s1. The zero-order chi connectivity index (χ0) is 15.7. The van der Waals surface area contributed by atoms with Gasteiger partial charge in [-0.15, -0.1) is 0 Å². The summed E-state index contributed by atoms with van der Waals surface area (Å²) in [5.41, 5.74) is 0.317. The Balaban J connectivity index is 1.81. The molecule has 0 bridgehead atoms. The largest absolute Gasteiger partial charge is 0.368 e. The maximum atomic E-state index is 12.5. The number of aromatic nitrogens is 4. The molecule has 0 radical (unpaired) electrons. The number of aromatic amines is 1. The van der Waals surface area contributed by atoms with Crippen molar-refractivity contribution in [1.82, 2.24) is 24.4 Å². The first-order valence-electron chi connectivity index (χ1n) is 7.00. The van der Waals surface area contributed by atoms with Crippen LogP contribution in [0.3, 0.4) is 0 Å². The van der Waals surface area contributed by atoms with Crippen molar-refractivity contribution < 1.29 is 9.53 Å². The van der Waals surface area contributed by atoms with Gasteiger partial charge in [-0.25, -0.2) is 9.97 Å². The van der Waals surface area contributed by atoms with E-state index in [0.717, 1.165) is 0 Å². The normalized spacial score (nSPS) is 18.5. The molecule has 0 spiro atoms. The number of morpholine rings is 1. The first kappa shape index (κ1) is 14.5. The van der Waals surface area contributed by atoms with Gasteiger partial charge in [-0.3, -0.25) is 9.59 Å². The van der Waals surface area contributed by atoms with Crippen LogP contribution in [0.1, 0.15) is 28.2 Å². The minimum absolute atomic E-state index is 0.151. The second kappa shape index (κ2) is 5.72.